The molecule has 0 radical (unpaired) electrons. The zero-order chi connectivity index (χ0) is 32.4. The quantitative estimate of drug-likeness (QED) is 0.148. The first kappa shape index (κ1) is 29.4. The van der Waals surface area contributed by atoms with Crippen LogP contribution in [0, 0.1) is 0 Å². The smallest absolute Gasteiger partial charge is 0.134 e. The molecule has 0 bridgehead atoms. The van der Waals surface area contributed by atoms with Gasteiger partial charge < -0.3 is 20.2 Å². The average Bonchev–Trinajstić information content (AvgIpc) is 3.75. The summed E-state index contributed by atoms with van der Waals surface area (Å²) in [4.78, 5) is 16.8. The number of aromatic amines is 2. The van der Waals surface area contributed by atoms with Gasteiger partial charge in [-0.25, -0.2) is 9.97 Å². The van der Waals surface area contributed by atoms with Crippen molar-refractivity contribution in [2.45, 2.75) is 52.4 Å². The van der Waals surface area contributed by atoms with Gasteiger partial charge in [-0.15, -0.1) is 0 Å². The summed E-state index contributed by atoms with van der Waals surface area (Å²) in [5.74, 6) is 0.355. The number of aromatic hydroxyl groups is 2. The Morgan fingerprint density at radius 2 is 0.891 bits per heavy atom. The van der Waals surface area contributed by atoms with Crippen LogP contribution in [0.25, 0.3) is 66.8 Å². The summed E-state index contributed by atoms with van der Waals surface area (Å²) >= 11 is 0. The second-order valence-corrected chi connectivity index (χ2v) is 14.1. The zero-order valence-corrected chi connectivity index (χ0v) is 27.0. The molecule has 7 aromatic rings. The predicted octanol–water partition coefficient (Wildman–Crippen LogP) is 11.1. The fourth-order valence-corrected chi connectivity index (χ4v) is 6.00. The molecule has 3 aromatic carbocycles. The Hall–Kier alpha value is -5.36. The molecule has 0 amide bonds. The first-order valence-electron chi connectivity index (χ1n) is 15.6. The lowest BCUT2D eigenvalue weighted by Crippen LogP contribution is -2.11. The standard InChI is InChI=1S/C40H38N4O2.4H2/c1-39(2,3)25-19-27(31-9-7-17-41-31)37(45)29(21-25)33-15-13-23-11-12-24-14-16-34(44-36(24)35(23)43-33)30-22-26(40(4,5)6)20-28(38(30)46)32-10-8-18-42-32;;;;/h7-22,41-42,45-46H,1-6H3;4*1H. The van der Waals surface area contributed by atoms with Gasteiger partial charge >= 0.3 is 0 Å². The molecule has 0 aliphatic heterocycles. The Bertz CT molecular complexity index is 2090. The van der Waals surface area contributed by atoms with Gasteiger partial charge in [-0.05, 0) is 82.6 Å². The third-order valence-electron chi connectivity index (χ3n) is 8.80. The van der Waals surface area contributed by atoms with E-state index in [1.165, 1.54) is 0 Å². The first-order chi connectivity index (χ1) is 21.9. The van der Waals surface area contributed by atoms with Crippen LogP contribution in [0.2, 0.25) is 0 Å². The molecule has 0 aliphatic rings. The number of benzene rings is 3. The van der Waals surface area contributed by atoms with E-state index in [0.717, 1.165) is 55.4 Å². The number of H-pyrrole nitrogens is 2. The lowest BCUT2D eigenvalue weighted by molar-refractivity contribution is 0.477. The van der Waals surface area contributed by atoms with E-state index in [0.29, 0.717) is 22.5 Å². The van der Waals surface area contributed by atoms with Crippen molar-refractivity contribution in [2.75, 3.05) is 0 Å². The molecular formula is C40H46N4O2. The lowest BCUT2D eigenvalue weighted by Gasteiger charge is -2.22. The molecule has 0 spiro atoms. The molecular weight excluding hydrogens is 568 g/mol. The normalized spacial score (nSPS) is 12.3. The van der Waals surface area contributed by atoms with E-state index in [1.54, 1.807) is 0 Å². The average molecular weight is 615 g/mol. The van der Waals surface area contributed by atoms with Gasteiger partial charge in [0.25, 0.3) is 0 Å². The maximum Gasteiger partial charge on any atom is 0.134 e. The number of fused-ring (bicyclic) bond motifs is 3. The summed E-state index contributed by atoms with van der Waals surface area (Å²) < 4.78 is 0. The second-order valence-electron chi connectivity index (χ2n) is 14.1. The highest BCUT2D eigenvalue weighted by Crippen LogP contribution is 2.43. The van der Waals surface area contributed by atoms with E-state index < -0.39 is 0 Å². The SMILES string of the molecule is CC(C)(C)c1cc(-c2ccc3ccc4ccc(-c5cc(C(C)(C)C)cc(-c6ccc[nH]6)c5O)nc4c3n2)c(O)c(-c2ccc[nH]2)c1.[HH].[HH].[HH].[HH]. The van der Waals surface area contributed by atoms with Crippen LogP contribution in [0.4, 0.5) is 0 Å². The van der Waals surface area contributed by atoms with Crippen molar-refractivity contribution in [3.63, 3.8) is 0 Å². The minimum atomic E-state index is -0.146. The van der Waals surface area contributed by atoms with Crippen molar-refractivity contribution in [2.24, 2.45) is 0 Å². The van der Waals surface area contributed by atoms with Crippen LogP contribution in [0.5, 0.6) is 11.5 Å². The number of hydrogen-bond acceptors (Lipinski definition) is 4. The van der Waals surface area contributed by atoms with Crippen molar-refractivity contribution in [3.05, 3.63) is 108 Å². The molecule has 0 saturated heterocycles. The highest BCUT2D eigenvalue weighted by molar-refractivity contribution is 6.04. The maximum absolute atomic E-state index is 11.6. The number of phenols is 2. The van der Waals surface area contributed by atoms with E-state index in [1.807, 2.05) is 85.2 Å². The van der Waals surface area contributed by atoms with Crippen LogP contribution in [-0.2, 0) is 10.8 Å². The highest BCUT2D eigenvalue weighted by atomic mass is 16.3. The molecule has 0 atom stereocenters. The van der Waals surface area contributed by atoms with E-state index >= 15 is 0 Å². The third kappa shape index (κ3) is 5.10. The molecule has 46 heavy (non-hydrogen) atoms. The van der Waals surface area contributed by atoms with Gasteiger partial charge in [0.1, 0.15) is 11.5 Å². The second kappa shape index (κ2) is 10.6. The largest absolute Gasteiger partial charge is 0.507 e. The molecule has 0 aliphatic carbocycles. The number of phenolic OH excluding ortho intramolecular Hbond substituents is 2. The molecule has 4 aromatic heterocycles. The van der Waals surface area contributed by atoms with E-state index in [2.05, 4.69) is 63.6 Å². The summed E-state index contributed by atoms with van der Waals surface area (Å²) in [5.41, 5.74) is 9.18. The van der Waals surface area contributed by atoms with Gasteiger partial charge in [-0.2, -0.15) is 0 Å². The van der Waals surface area contributed by atoms with Gasteiger partial charge in [0.05, 0.1) is 22.4 Å². The number of aromatic nitrogens is 4. The Morgan fingerprint density at radius 1 is 0.522 bits per heavy atom. The van der Waals surface area contributed by atoms with Gasteiger partial charge in [0.2, 0.25) is 0 Å². The van der Waals surface area contributed by atoms with Crippen LogP contribution in [-0.4, -0.2) is 30.1 Å². The van der Waals surface area contributed by atoms with E-state index in [4.69, 9.17) is 9.97 Å². The topological polar surface area (TPSA) is 97.8 Å². The number of pyridine rings is 2. The molecule has 6 nitrogen and oxygen atoms in total. The summed E-state index contributed by atoms with van der Waals surface area (Å²) in [6, 6.07) is 28.0. The van der Waals surface area contributed by atoms with Crippen molar-refractivity contribution >= 4 is 21.8 Å². The molecule has 0 unspecified atom stereocenters. The first-order valence-corrected chi connectivity index (χ1v) is 15.6. The highest BCUT2D eigenvalue weighted by Gasteiger charge is 2.23. The molecule has 4 N–H and O–H groups in total. The Balaban J connectivity index is 0.00000169. The number of nitrogens with zero attached hydrogens (tertiary/aromatic N) is 2. The molecule has 0 saturated carbocycles. The van der Waals surface area contributed by atoms with Crippen LogP contribution in [0.15, 0.2) is 97.3 Å². The predicted molar refractivity (Wildman–Crippen MR) is 197 cm³/mol. The lowest BCUT2D eigenvalue weighted by atomic mass is 9.83. The Kier molecular flexibility index (Phi) is 6.78. The number of hydrogen-bond donors (Lipinski definition) is 4. The summed E-state index contributed by atoms with van der Waals surface area (Å²) in [6.07, 6.45) is 3.72. The Morgan fingerprint density at radius 3 is 1.24 bits per heavy atom. The monoisotopic (exact) mass is 614 g/mol. The van der Waals surface area contributed by atoms with Gasteiger partial charge in [-0.1, -0.05) is 65.8 Å². The molecule has 7 rings (SSSR count). The number of nitrogens with one attached hydrogen (secondary N) is 2. The van der Waals surface area contributed by atoms with Crippen LogP contribution in [0.3, 0.4) is 0 Å². The molecule has 6 heteroatoms. The molecule has 238 valence electrons. The fourth-order valence-electron chi connectivity index (χ4n) is 6.00. The third-order valence-corrected chi connectivity index (χ3v) is 8.80. The fraction of sp³-hybridized carbons (Fsp3) is 0.200. The molecule has 4 heterocycles. The zero-order valence-electron chi connectivity index (χ0n) is 27.0. The summed E-state index contributed by atoms with van der Waals surface area (Å²) in [6.45, 7) is 13.0. The van der Waals surface area contributed by atoms with Crippen LogP contribution in [0.1, 0.15) is 58.4 Å². The van der Waals surface area contributed by atoms with Gasteiger partial charge in [0, 0.05) is 62.5 Å². The maximum atomic E-state index is 11.6. The molecule has 0 fully saturated rings. The van der Waals surface area contributed by atoms with Crippen molar-refractivity contribution in [1.29, 1.82) is 0 Å². The summed E-state index contributed by atoms with van der Waals surface area (Å²) in [5, 5.41) is 25.1. The van der Waals surface area contributed by atoms with E-state index in [9.17, 15) is 10.2 Å². The van der Waals surface area contributed by atoms with Crippen molar-refractivity contribution in [1.82, 2.24) is 19.9 Å². The van der Waals surface area contributed by atoms with E-state index in [-0.39, 0.29) is 28.0 Å². The summed E-state index contributed by atoms with van der Waals surface area (Å²) in [7, 11) is 0. The van der Waals surface area contributed by atoms with Crippen LogP contribution < -0.4 is 0 Å². The van der Waals surface area contributed by atoms with Gasteiger partial charge in [0.15, 0.2) is 0 Å². The minimum absolute atomic E-state index is 0. The van der Waals surface area contributed by atoms with Crippen molar-refractivity contribution < 1.29 is 15.9 Å². The minimum Gasteiger partial charge on any atom is -0.507 e. The van der Waals surface area contributed by atoms with Crippen molar-refractivity contribution in [3.8, 4) is 56.5 Å². The Labute approximate surface area is 274 Å². The van der Waals surface area contributed by atoms with Gasteiger partial charge in [-0.3, -0.25) is 0 Å². The number of rotatable bonds is 4. The van der Waals surface area contributed by atoms with Crippen LogP contribution >= 0.6 is 0 Å².